The molecule has 29 heavy (non-hydrogen) atoms. The van der Waals surface area contributed by atoms with Crippen LogP contribution in [0.5, 0.6) is 11.5 Å². The van der Waals surface area contributed by atoms with Gasteiger partial charge in [-0.1, -0.05) is 42.5 Å². The fraction of sp³-hybridized carbons (Fsp3) is 0.182. The number of hydrogen-bond acceptors (Lipinski definition) is 5. The van der Waals surface area contributed by atoms with Gasteiger partial charge in [-0.3, -0.25) is 9.59 Å². The summed E-state index contributed by atoms with van der Waals surface area (Å²) in [6.07, 6.45) is 0.861. The van der Waals surface area contributed by atoms with Gasteiger partial charge in [0.25, 0.3) is 5.91 Å². The van der Waals surface area contributed by atoms with Crippen LogP contribution in [0, 0.1) is 0 Å². The van der Waals surface area contributed by atoms with Crippen molar-refractivity contribution in [3.8, 4) is 11.5 Å². The van der Waals surface area contributed by atoms with Gasteiger partial charge in [0.1, 0.15) is 6.04 Å². The standard InChI is InChI=1S/C22H22N2O4S/c25-18-9-8-16(14-19(18)26)10-11-23-21(27)17(13-15-5-2-1-3-6-15)24-22(28)20-7-4-12-29-20/h1-9,12,14,17,25-26H,10-11,13H2,(H,23,27)(H,24,28). The van der Waals surface area contributed by atoms with Crippen LogP contribution < -0.4 is 10.6 Å². The minimum atomic E-state index is -0.708. The van der Waals surface area contributed by atoms with E-state index in [4.69, 9.17) is 0 Å². The van der Waals surface area contributed by atoms with E-state index in [0.717, 1.165) is 11.1 Å². The molecule has 0 aliphatic heterocycles. The summed E-state index contributed by atoms with van der Waals surface area (Å²) in [6.45, 7) is 0.337. The normalized spacial score (nSPS) is 11.6. The molecule has 1 unspecified atom stereocenters. The molecule has 2 amide bonds. The number of hydrogen-bond donors (Lipinski definition) is 4. The Morgan fingerprint density at radius 1 is 0.931 bits per heavy atom. The van der Waals surface area contributed by atoms with E-state index in [-0.39, 0.29) is 23.3 Å². The molecule has 2 aromatic carbocycles. The van der Waals surface area contributed by atoms with Gasteiger partial charge in [0.15, 0.2) is 11.5 Å². The first-order valence-corrected chi connectivity index (χ1v) is 10.1. The van der Waals surface area contributed by atoms with Crippen molar-refractivity contribution in [3.63, 3.8) is 0 Å². The highest BCUT2D eigenvalue weighted by Gasteiger charge is 2.22. The topological polar surface area (TPSA) is 98.7 Å². The summed E-state index contributed by atoms with van der Waals surface area (Å²) in [5.74, 6) is -0.933. The molecular weight excluding hydrogens is 388 g/mol. The second-order valence-corrected chi connectivity index (χ2v) is 7.50. The Morgan fingerprint density at radius 2 is 1.72 bits per heavy atom. The number of benzene rings is 2. The fourth-order valence-electron chi connectivity index (χ4n) is 2.87. The zero-order valence-electron chi connectivity index (χ0n) is 15.7. The lowest BCUT2D eigenvalue weighted by molar-refractivity contribution is -0.122. The molecule has 6 nitrogen and oxygen atoms in total. The van der Waals surface area contributed by atoms with Crippen LogP contribution in [0.25, 0.3) is 0 Å². The third-order valence-electron chi connectivity index (χ3n) is 4.40. The van der Waals surface area contributed by atoms with Gasteiger partial charge in [0.05, 0.1) is 4.88 Å². The highest BCUT2D eigenvalue weighted by molar-refractivity contribution is 7.12. The molecule has 1 atom stereocenters. The molecule has 0 aliphatic rings. The van der Waals surface area contributed by atoms with Crippen molar-refractivity contribution in [1.82, 2.24) is 10.6 Å². The molecule has 1 aromatic heterocycles. The Morgan fingerprint density at radius 3 is 2.41 bits per heavy atom. The lowest BCUT2D eigenvalue weighted by Crippen LogP contribution is -2.48. The molecule has 7 heteroatoms. The number of carbonyl (C=O) groups is 2. The Balaban J connectivity index is 1.62. The minimum absolute atomic E-state index is 0.183. The van der Waals surface area contributed by atoms with Crippen molar-refractivity contribution in [1.29, 1.82) is 0 Å². The number of nitrogens with one attached hydrogen (secondary N) is 2. The van der Waals surface area contributed by atoms with Gasteiger partial charge >= 0.3 is 0 Å². The Hall–Kier alpha value is -3.32. The van der Waals surface area contributed by atoms with Crippen molar-refractivity contribution in [3.05, 3.63) is 82.0 Å². The predicted octanol–water partition coefficient (Wildman–Crippen LogP) is 2.86. The number of rotatable bonds is 8. The largest absolute Gasteiger partial charge is 0.504 e. The first-order valence-electron chi connectivity index (χ1n) is 9.20. The Bertz CT molecular complexity index is 958. The van der Waals surface area contributed by atoms with Gasteiger partial charge < -0.3 is 20.8 Å². The van der Waals surface area contributed by atoms with Gasteiger partial charge in [0, 0.05) is 13.0 Å². The van der Waals surface area contributed by atoms with Crippen LogP contribution in [0.1, 0.15) is 20.8 Å². The lowest BCUT2D eigenvalue weighted by Gasteiger charge is -2.18. The lowest BCUT2D eigenvalue weighted by atomic mass is 10.0. The maximum Gasteiger partial charge on any atom is 0.262 e. The first-order chi connectivity index (χ1) is 14.0. The summed E-state index contributed by atoms with van der Waals surface area (Å²) in [7, 11) is 0. The van der Waals surface area contributed by atoms with Gasteiger partial charge in [-0.05, 0) is 41.1 Å². The molecule has 0 saturated heterocycles. The molecule has 0 bridgehead atoms. The molecule has 0 spiro atoms. The number of thiophene rings is 1. The van der Waals surface area contributed by atoms with E-state index in [1.165, 1.54) is 23.5 Å². The quantitative estimate of drug-likeness (QED) is 0.429. The van der Waals surface area contributed by atoms with Crippen molar-refractivity contribution < 1.29 is 19.8 Å². The van der Waals surface area contributed by atoms with E-state index in [0.29, 0.717) is 24.3 Å². The molecule has 0 radical (unpaired) electrons. The highest BCUT2D eigenvalue weighted by atomic mass is 32.1. The average molecular weight is 410 g/mol. The monoisotopic (exact) mass is 410 g/mol. The zero-order chi connectivity index (χ0) is 20.6. The van der Waals surface area contributed by atoms with Gasteiger partial charge in [-0.15, -0.1) is 11.3 Å². The second kappa shape index (κ2) is 9.75. The summed E-state index contributed by atoms with van der Waals surface area (Å²) >= 11 is 1.32. The third kappa shape index (κ3) is 5.83. The number of phenols is 2. The number of amides is 2. The number of aromatic hydroxyl groups is 2. The maximum atomic E-state index is 12.8. The molecule has 0 fully saturated rings. The predicted molar refractivity (Wildman–Crippen MR) is 112 cm³/mol. The second-order valence-electron chi connectivity index (χ2n) is 6.56. The minimum Gasteiger partial charge on any atom is -0.504 e. The summed E-state index contributed by atoms with van der Waals surface area (Å²) < 4.78 is 0. The third-order valence-corrected chi connectivity index (χ3v) is 5.27. The number of carbonyl (C=O) groups excluding carboxylic acids is 2. The molecule has 3 rings (SSSR count). The molecule has 1 heterocycles. The van der Waals surface area contributed by atoms with Crippen molar-refractivity contribution in [2.24, 2.45) is 0 Å². The van der Waals surface area contributed by atoms with E-state index in [1.54, 1.807) is 18.2 Å². The molecule has 150 valence electrons. The van der Waals surface area contributed by atoms with Crippen molar-refractivity contribution >= 4 is 23.2 Å². The van der Waals surface area contributed by atoms with Crippen LogP contribution in [0.4, 0.5) is 0 Å². The number of phenolic OH excluding ortho intramolecular Hbond substituents is 2. The van der Waals surface area contributed by atoms with E-state index in [2.05, 4.69) is 10.6 Å². The smallest absolute Gasteiger partial charge is 0.262 e. The van der Waals surface area contributed by atoms with Gasteiger partial charge in [-0.2, -0.15) is 0 Å². The van der Waals surface area contributed by atoms with E-state index < -0.39 is 6.04 Å². The molecule has 0 saturated carbocycles. The first kappa shape index (κ1) is 20.4. The van der Waals surface area contributed by atoms with Gasteiger partial charge in [0.2, 0.25) is 5.91 Å². The highest BCUT2D eigenvalue weighted by Crippen LogP contribution is 2.24. The molecule has 4 N–H and O–H groups in total. The van der Waals surface area contributed by atoms with Gasteiger partial charge in [-0.25, -0.2) is 0 Å². The average Bonchev–Trinajstić information content (AvgIpc) is 3.26. The molecule has 0 aliphatic carbocycles. The summed E-state index contributed by atoms with van der Waals surface area (Å²) in [5, 5.41) is 26.4. The maximum absolute atomic E-state index is 12.8. The van der Waals surface area contributed by atoms with E-state index >= 15 is 0 Å². The van der Waals surface area contributed by atoms with Crippen LogP contribution in [0.2, 0.25) is 0 Å². The van der Waals surface area contributed by atoms with Crippen molar-refractivity contribution in [2.75, 3.05) is 6.54 Å². The van der Waals surface area contributed by atoms with Crippen LogP contribution in [0.3, 0.4) is 0 Å². The zero-order valence-corrected chi connectivity index (χ0v) is 16.5. The fourth-order valence-corrected chi connectivity index (χ4v) is 3.50. The van der Waals surface area contributed by atoms with Crippen molar-refractivity contribution in [2.45, 2.75) is 18.9 Å². The van der Waals surface area contributed by atoms with E-state index in [9.17, 15) is 19.8 Å². The van der Waals surface area contributed by atoms with Crippen LogP contribution in [0.15, 0.2) is 66.0 Å². The van der Waals surface area contributed by atoms with Crippen LogP contribution in [-0.4, -0.2) is 34.6 Å². The molecular formula is C22H22N2O4S. The van der Waals surface area contributed by atoms with E-state index in [1.807, 2.05) is 35.7 Å². The molecule has 3 aromatic rings. The Kier molecular flexibility index (Phi) is 6.86. The summed E-state index contributed by atoms with van der Waals surface area (Å²) in [5.41, 5.74) is 1.73. The summed E-state index contributed by atoms with van der Waals surface area (Å²) in [6, 6.07) is 16.9. The SMILES string of the molecule is O=C(NC(Cc1ccccc1)C(=O)NCCc1ccc(O)c(O)c1)c1cccs1. The summed E-state index contributed by atoms with van der Waals surface area (Å²) in [4.78, 5) is 25.7. The van der Waals surface area contributed by atoms with Crippen LogP contribution in [-0.2, 0) is 17.6 Å². The van der Waals surface area contributed by atoms with Crippen LogP contribution >= 0.6 is 11.3 Å². The Labute approximate surface area is 172 Å².